The molecule has 1 aromatic carbocycles. The van der Waals surface area contributed by atoms with Gasteiger partial charge in [-0.1, -0.05) is 12.1 Å². The monoisotopic (exact) mass is 409 g/mol. The zero-order valence-electron chi connectivity index (χ0n) is 15.5. The van der Waals surface area contributed by atoms with Gasteiger partial charge in [-0.3, -0.25) is 14.5 Å². The number of methoxy groups -OCH3 is 1. The van der Waals surface area contributed by atoms with Crippen molar-refractivity contribution in [1.82, 2.24) is 15.5 Å². The normalized spacial score (nSPS) is 23.5. The third-order valence-electron chi connectivity index (χ3n) is 4.88. The molecule has 0 radical (unpaired) electrons. The van der Waals surface area contributed by atoms with E-state index < -0.39 is 39.8 Å². The van der Waals surface area contributed by atoms with Crippen LogP contribution < -0.4 is 15.4 Å². The molecule has 0 spiro atoms. The number of imide groups is 1. The second kappa shape index (κ2) is 8.17. The number of hydrogen-bond donors (Lipinski definition) is 2. The van der Waals surface area contributed by atoms with Crippen LogP contribution >= 0.6 is 0 Å². The number of nitrogens with zero attached hydrogens (tertiary/aromatic N) is 1. The van der Waals surface area contributed by atoms with Crippen LogP contribution in [-0.4, -0.2) is 68.4 Å². The Bertz CT molecular complexity index is 868. The van der Waals surface area contributed by atoms with Crippen molar-refractivity contribution < 1.29 is 27.5 Å². The number of benzene rings is 1. The van der Waals surface area contributed by atoms with Gasteiger partial charge in [-0.25, -0.2) is 13.2 Å². The van der Waals surface area contributed by atoms with Gasteiger partial charge in [0, 0.05) is 12.6 Å². The maximum absolute atomic E-state index is 12.5. The van der Waals surface area contributed by atoms with E-state index in [9.17, 15) is 22.8 Å². The number of ether oxygens (including phenoxy) is 1. The molecule has 3 rings (SSSR count). The second-order valence-corrected chi connectivity index (χ2v) is 9.19. The fourth-order valence-corrected chi connectivity index (χ4v) is 5.01. The number of rotatable bonds is 7. The van der Waals surface area contributed by atoms with Gasteiger partial charge in [-0.2, -0.15) is 0 Å². The van der Waals surface area contributed by atoms with E-state index in [2.05, 4.69) is 10.6 Å². The molecule has 28 heavy (non-hydrogen) atoms. The zero-order valence-corrected chi connectivity index (χ0v) is 16.3. The van der Waals surface area contributed by atoms with E-state index in [0.717, 1.165) is 16.2 Å². The van der Waals surface area contributed by atoms with E-state index in [1.165, 1.54) is 0 Å². The average Bonchev–Trinajstić information content (AvgIpc) is 3.12. The van der Waals surface area contributed by atoms with Crippen LogP contribution in [0.4, 0.5) is 4.79 Å². The third kappa shape index (κ3) is 4.80. The van der Waals surface area contributed by atoms with Gasteiger partial charge in [-0.05, 0) is 30.5 Å². The predicted molar refractivity (Wildman–Crippen MR) is 101 cm³/mol. The van der Waals surface area contributed by atoms with Gasteiger partial charge in [-0.15, -0.1) is 0 Å². The highest BCUT2D eigenvalue weighted by atomic mass is 32.2. The van der Waals surface area contributed by atoms with Crippen molar-refractivity contribution in [3.63, 3.8) is 0 Å². The van der Waals surface area contributed by atoms with E-state index in [0.29, 0.717) is 12.8 Å². The molecule has 9 nitrogen and oxygen atoms in total. The molecule has 152 valence electrons. The van der Waals surface area contributed by atoms with Crippen molar-refractivity contribution in [2.24, 2.45) is 0 Å². The molecule has 10 heteroatoms. The maximum Gasteiger partial charge on any atom is 0.324 e. The minimum absolute atomic E-state index is 0.0518. The number of carbonyl (C=O) groups is 3. The smallest absolute Gasteiger partial charge is 0.324 e. The molecule has 1 aromatic rings. The largest absolute Gasteiger partial charge is 0.497 e. The Balaban J connectivity index is 1.50. The minimum atomic E-state index is -3.10. The highest BCUT2D eigenvalue weighted by molar-refractivity contribution is 7.91. The Hall–Kier alpha value is -2.62. The SMILES string of the molecule is COc1ccc(CCN2C(=O)N[C@H](CC(=O)N[C@@H]3CCS(=O)(=O)C3)C2=O)cc1. The Morgan fingerprint density at radius 1 is 1.29 bits per heavy atom. The summed E-state index contributed by atoms with van der Waals surface area (Å²) in [6.07, 6.45) is 0.648. The topological polar surface area (TPSA) is 122 Å². The Morgan fingerprint density at radius 3 is 2.61 bits per heavy atom. The number of urea groups is 1. The number of hydrogen-bond acceptors (Lipinski definition) is 6. The summed E-state index contributed by atoms with van der Waals surface area (Å²) in [5, 5.41) is 5.15. The summed E-state index contributed by atoms with van der Waals surface area (Å²) in [5.74, 6) is -0.209. The Morgan fingerprint density at radius 2 is 2.00 bits per heavy atom. The molecule has 2 N–H and O–H groups in total. The molecule has 2 aliphatic heterocycles. The summed E-state index contributed by atoms with van der Waals surface area (Å²) in [7, 11) is -1.53. The number of carbonyl (C=O) groups excluding carboxylic acids is 3. The molecule has 0 saturated carbocycles. The van der Waals surface area contributed by atoms with Gasteiger partial charge in [0.05, 0.1) is 25.0 Å². The molecule has 0 unspecified atom stereocenters. The van der Waals surface area contributed by atoms with Gasteiger partial charge in [0.25, 0.3) is 5.91 Å². The molecule has 4 amide bonds. The van der Waals surface area contributed by atoms with Gasteiger partial charge in [0.15, 0.2) is 9.84 Å². The minimum Gasteiger partial charge on any atom is -0.497 e. The van der Waals surface area contributed by atoms with E-state index in [1.54, 1.807) is 19.2 Å². The van der Waals surface area contributed by atoms with Crippen molar-refractivity contribution in [3.05, 3.63) is 29.8 Å². The standard InChI is InChI=1S/C18H23N3O6S/c1-27-14-4-2-12(3-5-14)6-8-21-17(23)15(20-18(21)24)10-16(22)19-13-7-9-28(25,26)11-13/h2-5,13,15H,6-11H2,1H3,(H,19,22)(H,20,24)/t13-,15-/m1/s1. The van der Waals surface area contributed by atoms with Crippen LogP contribution in [0.3, 0.4) is 0 Å². The lowest BCUT2D eigenvalue weighted by atomic mass is 10.1. The Labute approximate surface area is 163 Å². The molecule has 2 saturated heterocycles. The van der Waals surface area contributed by atoms with Crippen LogP contribution in [0, 0.1) is 0 Å². The van der Waals surface area contributed by atoms with Gasteiger partial charge < -0.3 is 15.4 Å². The summed E-state index contributed by atoms with van der Waals surface area (Å²) in [5.41, 5.74) is 0.949. The summed E-state index contributed by atoms with van der Waals surface area (Å²) in [4.78, 5) is 37.8. The fraction of sp³-hybridized carbons (Fsp3) is 0.500. The summed E-state index contributed by atoms with van der Waals surface area (Å²) in [6, 6.07) is 5.43. The summed E-state index contributed by atoms with van der Waals surface area (Å²) in [6.45, 7) is 0.204. The lowest BCUT2D eigenvalue weighted by molar-refractivity contribution is -0.131. The van der Waals surface area contributed by atoms with Gasteiger partial charge in [0.1, 0.15) is 11.8 Å². The quantitative estimate of drug-likeness (QED) is 0.604. The van der Waals surface area contributed by atoms with Crippen LogP contribution in [0.15, 0.2) is 24.3 Å². The summed E-state index contributed by atoms with van der Waals surface area (Å²) >= 11 is 0. The molecule has 2 atom stereocenters. The molecular formula is C18H23N3O6S. The van der Waals surface area contributed by atoms with Gasteiger partial charge >= 0.3 is 6.03 Å². The first-order valence-electron chi connectivity index (χ1n) is 9.02. The molecule has 0 aromatic heterocycles. The predicted octanol–water partition coefficient (Wildman–Crippen LogP) is -0.148. The van der Waals surface area contributed by atoms with Crippen LogP contribution in [0.1, 0.15) is 18.4 Å². The second-order valence-electron chi connectivity index (χ2n) is 6.96. The molecule has 2 heterocycles. The molecule has 0 aliphatic carbocycles. The first-order valence-corrected chi connectivity index (χ1v) is 10.8. The third-order valence-corrected chi connectivity index (χ3v) is 6.65. The van der Waals surface area contributed by atoms with Crippen molar-refractivity contribution >= 4 is 27.7 Å². The highest BCUT2D eigenvalue weighted by Crippen LogP contribution is 2.15. The maximum atomic E-state index is 12.5. The Kier molecular flexibility index (Phi) is 5.87. The van der Waals surface area contributed by atoms with Gasteiger partial charge in [0.2, 0.25) is 5.91 Å². The van der Waals surface area contributed by atoms with Crippen LogP contribution in [0.25, 0.3) is 0 Å². The molecule has 2 fully saturated rings. The summed E-state index contributed by atoms with van der Waals surface area (Å²) < 4.78 is 28.0. The van der Waals surface area contributed by atoms with Crippen LogP contribution in [0.2, 0.25) is 0 Å². The lowest BCUT2D eigenvalue weighted by Gasteiger charge is -2.14. The lowest BCUT2D eigenvalue weighted by Crippen LogP contribution is -2.41. The molecular weight excluding hydrogens is 386 g/mol. The fourth-order valence-electron chi connectivity index (χ4n) is 3.34. The first-order chi connectivity index (χ1) is 13.3. The van der Waals surface area contributed by atoms with Crippen molar-refractivity contribution in [1.29, 1.82) is 0 Å². The van der Waals surface area contributed by atoms with Crippen molar-refractivity contribution in [3.8, 4) is 5.75 Å². The highest BCUT2D eigenvalue weighted by Gasteiger charge is 2.39. The number of amides is 4. The van der Waals surface area contributed by atoms with Crippen LogP contribution in [0.5, 0.6) is 5.75 Å². The number of sulfone groups is 1. The van der Waals surface area contributed by atoms with Crippen molar-refractivity contribution in [2.75, 3.05) is 25.2 Å². The van der Waals surface area contributed by atoms with E-state index in [1.807, 2.05) is 12.1 Å². The average molecular weight is 409 g/mol. The van der Waals surface area contributed by atoms with Crippen molar-refractivity contribution in [2.45, 2.75) is 31.3 Å². The molecule has 0 bridgehead atoms. The van der Waals surface area contributed by atoms with E-state index in [-0.39, 0.29) is 24.5 Å². The first kappa shape index (κ1) is 20.1. The van der Waals surface area contributed by atoms with Crippen LogP contribution in [-0.2, 0) is 25.8 Å². The molecule has 2 aliphatic rings. The van der Waals surface area contributed by atoms with E-state index >= 15 is 0 Å². The zero-order chi connectivity index (χ0) is 20.3. The number of nitrogens with one attached hydrogen (secondary N) is 2. The van der Waals surface area contributed by atoms with E-state index in [4.69, 9.17) is 4.74 Å².